The third-order valence-electron chi connectivity index (χ3n) is 3.46. The van der Waals surface area contributed by atoms with Crippen molar-refractivity contribution in [2.24, 2.45) is 0 Å². The van der Waals surface area contributed by atoms with Gasteiger partial charge in [-0.15, -0.1) is 0 Å². The van der Waals surface area contributed by atoms with E-state index < -0.39 is 11.8 Å². The monoisotopic (exact) mass is 342 g/mol. The maximum atomic E-state index is 11.7. The molecule has 2 N–H and O–H groups in total. The number of ether oxygens (including phenoxy) is 2. The number of rotatable bonds is 8. The Morgan fingerprint density at radius 1 is 0.840 bits per heavy atom. The Bertz CT molecular complexity index is 672. The van der Waals surface area contributed by atoms with Crippen LogP contribution in [0.2, 0.25) is 0 Å². The van der Waals surface area contributed by atoms with Gasteiger partial charge in [-0.25, -0.2) is 0 Å². The topological polar surface area (TPSA) is 76.7 Å². The van der Waals surface area contributed by atoms with Crippen LogP contribution in [0, 0.1) is 0 Å². The molecule has 0 fully saturated rings. The van der Waals surface area contributed by atoms with E-state index in [0.717, 1.165) is 11.3 Å². The normalized spacial score (nSPS) is 9.96. The number of nitrogens with one attached hydrogen (secondary N) is 2. The summed E-state index contributed by atoms with van der Waals surface area (Å²) in [6.45, 7) is 0.935. The second-order valence-corrected chi connectivity index (χ2v) is 5.27. The van der Waals surface area contributed by atoms with E-state index in [1.54, 1.807) is 31.4 Å². The van der Waals surface area contributed by atoms with Crippen LogP contribution in [0.15, 0.2) is 54.6 Å². The first-order valence-corrected chi connectivity index (χ1v) is 8.06. The van der Waals surface area contributed by atoms with Gasteiger partial charge in [0.05, 0.1) is 13.7 Å². The van der Waals surface area contributed by atoms with Crippen molar-refractivity contribution in [3.8, 4) is 11.5 Å². The molecule has 6 nitrogen and oxygen atoms in total. The predicted molar refractivity (Wildman–Crippen MR) is 94.7 cm³/mol. The maximum Gasteiger partial charge on any atom is 0.309 e. The molecular formula is C19H22N2O4. The Morgan fingerprint density at radius 3 is 2.08 bits per heavy atom. The first kappa shape index (κ1) is 18.3. The molecule has 0 aromatic heterocycles. The van der Waals surface area contributed by atoms with Crippen LogP contribution in [0.3, 0.4) is 0 Å². The average Bonchev–Trinajstić information content (AvgIpc) is 2.66. The summed E-state index contributed by atoms with van der Waals surface area (Å²) in [6, 6.07) is 16.9. The van der Waals surface area contributed by atoms with Gasteiger partial charge in [0.1, 0.15) is 18.1 Å². The molecule has 0 aliphatic heterocycles. The van der Waals surface area contributed by atoms with Crippen LogP contribution in [0.5, 0.6) is 11.5 Å². The maximum absolute atomic E-state index is 11.7. The Hall–Kier alpha value is -3.02. The molecule has 0 saturated carbocycles. The third kappa shape index (κ3) is 6.55. The van der Waals surface area contributed by atoms with Crippen molar-refractivity contribution in [3.63, 3.8) is 0 Å². The highest BCUT2D eigenvalue weighted by Gasteiger charge is 2.11. The van der Waals surface area contributed by atoms with Crippen molar-refractivity contribution in [2.45, 2.75) is 6.42 Å². The number of carbonyl (C=O) groups is 2. The summed E-state index contributed by atoms with van der Waals surface area (Å²) < 4.78 is 10.5. The fraction of sp³-hybridized carbons (Fsp3) is 0.263. The number of carbonyl (C=O) groups excluding carboxylic acids is 2. The second-order valence-electron chi connectivity index (χ2n) is 5.27. The molecule has 0 atom stereocenters. The lowest BCUT2D eigenvalue weighted by Gasteiger charge is -2.09. The van der Waals surface area contributed by atoms with Crippen molar-refractivity contribution in [2.75, 3.05) is 26.8 Å². The van der Waals surface area contributed by atoms with Gasteiger partial charge in [-0.2, -0.15) is 0 Å². The minimum Gasteiger partial charge on any atom is -0.497 e. The average molecular weight is 342 g/mol. The lowest BCUT2D eigenvalue weighted by molar-refractivity contribution is -0.139. The van der Waals surface area contributed by atoms with Crippen molar-refractivity contribution in [1.29, 1.82) is 0 Å². The molecular weight excluding hydrogens is 320 g/mol. The summed E-state index contributed by atoms with van der Waals surface area (Å²) in [4.78, 5) is 23.4. The van der Waals surface area contributed by atoms with Crippen LogP contribution >= 0.6 is 0 Å². The largest absolute Gasteiger partial charge is 0.497 e. The highest BCUT2D eigenvalue weighted by atomic mass is 16.5. The molecule has 0 radical (unpaired) electrons. The van der Waals surface area contributed by atoms with Crippen molar-refractivity contribution >= 4 is 11.8 Å². The van der Waals surface area contributed by atoms with Crippen molar-refractivity contribution in [3.05, 3.63) is 60.2 Å². The molecule has 25 heavy (non-hydrogen) atoms. The molecule has 0 aliphatic carbocycles. The molecule has 2 aromatic rings. The standard InChI is InChI=1S/C19H22N2O4/c1-24-16-7-9-17(10-8-16)25-14-13-21-19(23)18(22)20-12-11-15-5-3-2-4-6-15/h2-10H,11-14H2,1H3,(H,20,22)(H,21,23). The minimum atomic E-state index is -0.661. The molecule has 0 heterocycles. The Morgan fingerprint density at radius 2 is 1.44 bits per heavy atom. The smallest absolute Gasteiger partial charge is 0.309 e. The zero-order valence-electron chi connectivity index (χ0n) is 14.2. The molecule has 0 spiro atoms. The lowest BCUT2D eigenvalue weighted by Crippen LogP contribution is -2.42. The summed E-state index contributed by atoms with van der Waals surface area (Å²) in [5.74, 6) is 0.113. The zero-order chi connectivity index (χ0) is 17.9. The van der Waals surface area contributed by atoms with Gasteiger partial charge in [-0.3, -0.25) is 9.59 Å². The summed E-state index contributed by atoms with van der Waals surface area (Å²) in [5.41, 5.74) is 1.11. The Balaban J connectivity index is 1.59. The van der Waals surface area contributed by atoms with E-state index in [0.29, 0.717) is 18.7 Å². The molecule has 2 rings (SSSR count). The molecule has 2 aromatic carbocycles. The van der Waals surface area contributed by atoms with Gasteiger partial charge in [-0.05, 0) is 36.2 Å². The van der Waals surface area contributed by atoms with Gasteiger partial charge < -0.3 is 20.1 Å². The van der Waals surface area contributed by atoms with Gasteiger partial charge in [0.25, 0.3) is 0 Å². The third-order valence-corrected chi connectivity index (χ3v) is 3.46. The molecule has 0 unspecified atom stereocenters. The Labute approximate surface area is 147 Å². The van der Waals surface area contributed by atoms with E-state index in [9.17, 15) is 9.59 Å². The number of amides is 2. The van der Waals surface area contributed by atoms with Gasteiger partial charge in [0.2, 0.25) is 0 Å². The predicted octanol–water partition coefficient (Wildman–Crippen LogP) is 1.55. The molecule has 6 heteroatoms. The van der Waals surface area contributed by atoms with E-state index in [1.165, 1.54) is 0 Å². The minimum absolute atomic E-state index is 0.247. The zero-order valence-corrected chi connectivity index (χ0v) is 14.2. The van der Waals surface area contributed by atoms with Crippen LogP contribution in [0.4, 0.5) is 0 Å². The molecule has 0 bridgehead atoms. The summed E-state index contributed by atoms with van der Waals surface area (Å²) in [5, 5.41) is 5.12. The number of hydrogen-bond acceptors (Lipinski definition) is 4. The van der Waals surface area contributed by atoms with E-state index >= 15 is 0 Å². The summed E-state index contributed by atoms with van der Waals surface area (Å²) >= 11 is 0. The fourth-order valence-electron chi connectivity index (χ4n) is 2.13. The van der Waals surface area contributed by atoms with Crippen LogP contribution < -0.4 is 20.1 Å². The van der Waals surface area contributed by atoms with Crippen LogP contribution in [-0.4, -0.2) is 38.6 Å². The molecule has 2 amide bonds. The van der Waals surface area contributed by atoms with Gasteiger partial charge >= 0.3 is 11.8 Å². The number of benzene rings is 2. The van der Waals surface area contributed by atoms with Crippen LogP contribution in [-0.2, 0) is 16.0 Å². The van der Waals surface area contributed by atoms with Crippen LogP contribution in [0.1, 0.15) is 5.56 Å². The van der Waals surface area contributed by atoms with Crippen LogP contribution in [0.25, 0.3) is 0 Å². The summed E-state index contributed by atoms with van der Waals surface area (Å²) in [6.07, 6.45) is 0.681. The molecule has 0 aliphatic rings. The SMILES string of the molecule is COc1ccc(OCCNC(=O)C(=O)NCCc2ccccc2)cc1. The molecule has 132 valence electrons. The van der Waals surface area contributed by atoms with Gasteiger partial charge in [0, 0.05) is 6.54 Å². The first-order valence-electron chi connectivity index (χ1n) is 8.06. The van der Waals surface area contributed by atoms with E-state index in [1.807, 2.05) is 30.3 Å². The molecule has 0 saturated heterocycles. The second kappa shape index (κ2) is 9.97. The highest BCUT2D eigenvalue weighted by molar-refractivity contribution is 6.35. The fourth-order valence-corrected chi connectivity index (χ4v) is 2.13. The quantitative estimate of drug-likeness (QED) is 0.564. The van der Waals surface area contributed by atoms with Crippen molar-refractivity contribution in [1.82, 2.24) is 10.6 Å². The van der Waals surface area contributed by atoms with Crippen molar-refractivity contribution < 1.29 is 19.1 Å². The first-order chi connectivity index (χ1) is 12.2. The highest BCUT2D eigenvalue weighted by Crippen LogP contribution is 2.16. The van der Waals surface area contributed by atoms with E-state index in [-0.39, 0.29) is 13.2 Å². The van der Waals surface area contributed by atoms with Gasteiger partial charge in [0.15, 0.2) is 0 Å². The number of hydrogen-bond donors (Lipinski definition) is 2. The van der Waals surface area contributed by atoms with E-state index in [2.05, 4.69) is 10.6 Å². The van der Waals surface area contributed by atoms with E-state index in [4.69, 9.17) is 9.47 Å². The number of methoxy groups -OCH3 is 1. The summed E-state index contributed by atoms with van der Waals surface area (Å²) in [7, 11) is 1.59. The lowest BCUT2D eigenvalue weighted by atomic mass is 10.1. The van der Waals surface area contributed by atoms with Gasteiger partial charge in [-0.1, -0.05) is 30.3 Å². The Kier molecular flexibility index (Phi) is 7.31.